The third kappa shape index (κ3) is 6.34. The van der Waals surface area contributed by atoms with Gasteiger partial charge < -0.3 is 19.3 Å². The van der Waals surface area contributed by atoms with Crippen molar-refractivity contribution in [3.63, 3.8) is 0 Å². The van der Waals surface area contributed by atoms with Gasteiger partial charge in [0.1, 0.15) is 12.4 Å². The van der Waals surface area contributed by atoms with E-state index in [4.69, 9.17) is 9.47 Å². The molecule has 0 aliphatic carbocycles. The van der Waals surface area contributed by atoms with Gasteiger partial charge in [-0.2, -0.15) is 0 Å². The highest BCUT2D eigenvalue weighted by Crippen LogP contribution is 2.42. The number of nitrogens with zero attached hydrogens (tertiary/aromatic N) is 3. The summed E-state index contributed by atoms with van der Waals surface area (Å²) in [5, 5.41) is 0. The first kappa shape index (κ1) is 26.9. The second kappa shape index (κ2) is 12.4. The number of carbonyl (C=O) groups is 1. The maximum Gasteiger partial charge on any atom is 0.253 e. The lowest BCUT2D eigenvalue weighted by Crippen LogP contribution is -2.48. The summed E-state index contributed by atoms with van der Waals surface area (Å²) in [6.45, 7) is 8.80. The standard InChI is InChI=1S/C34H41N3O3/c38-33(29-10-12-31(13-11-29)36-22-24-39-25-23-36)37-20-16-34(17-21-37)14-18-35(19-15-34)26-30-8-4-5-9-32(30)40-27-28-6-2-1-3-7-28/h1-13H,14-27H2. The van der Waals surface area contributed by atoms with Gasteiger partial charge in [-0.25, -0.2) is 0 Å². The molecule has 0 saturated carbocycles. The molecule has 0 N–H and O–H groups in total. The van der Waals surface area contributed by atoms with Gasteiger partial charge in [-0.3, -0.25) is 9.69 Å². The summed E-state index contributed by atoms with van der Waals surface area (Å²) < 4.78 is 11.7. The lowest BCUT2D eigenvalue weighted by molar-refractivity contribution is 0.0283. The van der Waals surface area contributed by atoms with Crippen LogP contribution in [0.5, 0.6) is 5.75 Å². The second-order valence-electron chi connectivity index (χ2n) is 11.6. The molecule has 6 heteroatoms. The summed E-state index contributed by atoms with van der Waals surface area (Å²) in [5.41, 5.74) is 4.79. The normalized spacial score (nSPS) is 19.5. The molecule has 1 spiro atoms. The van der Waals surface area contributed by atoms with Crippen LogP contribution in [0, 0.1) is 5.41 Å². The molecular weight excluding hydrogens is 498 g/mol. The predicted octanol–water partition coefficient (Wildman–Crippen LogP) is 5.62. The lowest BCUT2D eigenvalue weighted by Gasteiger charge is -2.47. The van der Waals surface area contributed by atoms with E-state index in [1.165, 1.54) is 29.7 Å². The number of rotatable bonds is 7. The van der Waals surface area contributed by atoms with Crippen molar-refractivity contribution in [2.45, 2.75) is 38.8 Å². The molecule has 3 aliphatic rings. The molecule has 3 heterocycles. The van der Waals surface area contributed by atoms with Crippen LogP contribution in [0.2, 0.25) is 0 Å². The summed E-state index contributed by atoms with van der Waals surface area (Å²) >= 11 is 0. The fraction of sp³-hybridized carbons (Fsp3) is 0.441. The van der Waals surface area contributed by atoms with Crippen LogP contribution in [0.4, 0.5) is 5.69 Å². The fourth-order valence-electron chi connectivity index (χ4n) is 6.44. The molecule has 210 valence electrons. The molecule has 3 aromatic rings. The summed E-state index contributed by atoms with van der Waals surface area (Å²) in [5.74, 6) is 1.16. The highest BCUT2D eigenvalue weighted by atomic mass is 16.5. The zero-order valence-corrected chi connectivity index (χ0v) is 23.5. The van der Waals surface area contributed by atoms with Crippen LogP contribution < -0.4 is 9.64 Å². The van der Waals surface area contributed by atoms with Gasteiger partial charge in [-0.05, 0) is 80.1 Å². The SMILES string of the molecule is O=C(c1ccc(N2CCOCC2)cc1)N1CCC2(CCN(Cc3ccccc3OCc3ccccc3)CC2)CC1. The Balaban J connectivity index is 0.983. The topological polar surface area (TPSA) is 45.2 Å². The van der Waals surface area contributed by atoms with Crippen molar-refractivity contribution in [3.05, 3.63) is 95.6 Å². The molecular formula is C34H41N3O3. The van der Waals surface area contributed by atoms with Crippen LogP contribution in [0.15, 0.2) is 78.9 Å². The van der Waals surface area contributed by atoms with E-state index in [-0.39, 0.29) is 5.91 Å². The molecule has 0 unspecified atom stereocenters. The Morgan fingerprint density at radius 2 is 1.40 bits per heavy atom. The number of morpholine rings is 1. The Morgan fingerprint density at radius 3 is 2.12 bits per heavy atom. The van der Waals surface area contributed by atoms with E-state index in [2.05, 4.69) is 75.4 Å². The number of hydrogen-bond donors (Lipinski definition) is 0. The number of para-hydroxylation sites is 1. The van der Waals surface area contributed by atoms with Crippen LogP contribution in [-0.4, -0.2) is 68.2 Å². The molecule has 40 heavy (non-hydrogen) atoms. The van der Waals surface area contributed by atoms with Crippen molar-refractivity contribution in [1.29, 1.82) is 0 Å². The average Bonchev–Trinajstić information content (AvgIpc) is 3.03. The highest BCUT2D eigenvalue weighted by molar-refractivity contribution is 5.94. The predicted molar refractivity (Wildman–Crippen MR) is 159 cm³/mol. The zero-order valence-electron chi connectivity index (χ0n) is 23.5. The molecule has 3 aliphatic heterocycles. The minimum Gasteiger partial charge on any atom is -0.489 e. The van der Waals surface area contributed by atoms with E-state index in [0.29, 0.717) is 12.0 Å². The molecule has 3 saturated heterocycles. The first-order valence-electron chi connectivity index (χ1n) is 14.9. The number of benzene rings is 3. The molecule has 1 amide bonds. The molecule has 3 fully saturated rings. The Kier molecular flexibility index (Phi) is 8.35. The molecule has 0 atom stereocenters. The van der Waals surface area contributed by atoms with E-state index in [0.717, 1.165) is 83.2 Å². The van der Waals surface area contributed by atoms with E-state index in [9.17, 15) is 4.79 Å². The minimum absolute atomic E-state index is 0.174. The number of carbonyl (C=O) groups excluding carboxylic acids is 1. The molecule has 6 nitrogen and oxygen atoms in total. The number of likely N-dealkylation sites (tertiary alicyclic amines) is 2. The molecule has 0 bridgehead atoms. The van der Waals surface area contributed by atoms with Gasteiger partial charge in [-0.15, -0.1) is 0 Å². The zero-order chi connectivity index (χ0) is 27.2. The van der Waals surface area contributed by atoms with Gasteiger partial charge in [0.05, 0.1) is 13.2 Å². The molecule has 0 radical (unpaired) electrons. The van der Waals surface area contributed by atoms with Crippen LogP contribution in [-0.2, 0) is 17.9 Å². The maximum atomic E-state index is 13.3. The average molecular weight is 540 g/mol. The summed E-state index contributed by atoms with van der Waals surface area (Å²) in [6.07, 6.45) is 4.62. The Labute approximate surface area is 238 Å². The van der Waals surface area contributed by atoms with Crippen molar-refractivity contribution in [3.8, 4) is 5.75 Å². The number of amides is 1. The summed E-state index contributed by atoms with van der Waals surface area (Å²) in [7, 11) is 0. The smallest absolute Gasteiger partial charge is 0.253 e. The summed E-state index contributed by atoms with van der Waals surface area (Å²) in [4.78, 5) is 20.2. The van der Waals surface area contributed by atoms with Crippen LogP contribution in [0.25, 0.3) is 0 Å². The van der Waals surface area contributed by atoms with Crippen LogP contribution in [0.3, 0.4) is 0 Å². The monoisotopic (exact) mass is 539 g/mol. The number of piperidine rings is 2. The lowest BCUT2D eigenvalue weighted by atomic mass is 9.71. The van der Waals surface area contributed by atoms with Crippen LogP contribution in [0.1, 0.15) is 47.2 Å². The third-order valence-electron chi connectivity index (χ3n) is 9.12. The van der Waals surface area contributed by atoms with E-state index < -0.39 is 0 Å². The van der Waals surface area contributed by atoms with Crippen molar-refractivity contribution in [2.24, 2.45) is 5.41 Å². The maximum absolute atomic E-state index is 13.3. The second-order valence-corrected chi connectivity index (χ2v) is 11.6. The van der Waals surface area contributed by atoms with E-state index in [1.54, 1.807) is 0 Å². The Morgan fingerprint density at radius 1 is 0.750 bits per heavy atom. The quantitative estimate of drug-likeness (QED) is 0.390. The van der Waals surface area contributed by atoms with Gasteiger partial charge in [0.25, 0.3) is 5.91 Å². The highest BCUT2D eigenvalue weighted by Gasteiger charge is 2.38. The first-order valence-corrected chi connectivity index (χ1v) is 14.9. The largest absolute Gasteiger partial charge is 0.489 e. The Bertz CT molecular complexity index is 1240. The number of hydrogen-bond acceptors (Lipinski definition) is 5. The number of ether oxygens (including phenoxy) is 2. The fourth-order valence-corrected chi connectivity index (χ4v) is 6.44. The summed E-state index contributed by atoms with van der Waals surface area (Å²) in [6, 6.07) is 27.0. The third-order valence-corrected chi connectivity index (χ3v) is 9.12. The van der Waals surface area contributed by atoms with Gasteiger partial charge in [0.15, 0.2) is 0 Å². The Hall–Kier alpha value is -3.35. The number of anilines is 1. The van der Waals surface area contributed by atoms with Crippen molar-refractivity contribution >= 4 is 11.6 Å². The van der Waals surface area contributed by atoms with Gasteiger partial charge in [0, 0.05) is 49.5 Å². The van der Waals surface area contributed by atoms with Gasteiger partial charge in [0.2, 0.25) is 0 Å². The molecule has 3 aromatic carbocycles. The minimum atomic E-state index is 0.174. The van der Waals surface area contributed by atoms with Gasteiger partial charge >= 0.3 is 0 Å². The van der Waals surface area contributed by atoms with Crippen molar-refractivity contribution in [2.75, 3.05) is 57.4 Å². The molecule has 0 aromatic heterocycles. The first-order chi connectivity index (χ1) is 19.7. The van der Waals surface area contributed by atoms with Gasteiger partial charge in [-0.1, -0.05) is 48.5 Å². The van der Waals surface area contributed by atoms with Crippen LogP contribution >= 0.6 is 0 Å². The molecule has 6 rings (SSSR count). The van der Waals surface area contributed by atoms with Crippen molar-refractivity contribution in [1.82, 2.24) is 9.80 Å². The van der Waals surface area contributed by atoms with Crippen molar-refractivity contribution < 1.29 is 14.3 Å². The van der Waals surface area contributed by atoms with E-state index in [1.807, 2.05) is 18.2 Å². The van der Waals surface area contributed by atoms with E-state index >= 15 is 0 Å².